The molecule has 0 aliphatic heterocycles. The largest absolute Gasteiger partial charge is 0.481 e. The van der Waals surface area contributed by atoms with Gasteiger partial charge in [0.15, 0.2) is 0 Å². The lowest BCUT2D eigenvalue weighted by Gasteiger charge is -2.12. The fraction of sp³-hybridized carbons (Fsp3) is 0.409. The lowest BCUT2D eigenvalue weighted by molar-refractivity contribution is -0.137. The molecule has 1 unspecified atom stereocenters. The molecule has 5 nitrogen and oxygen atoms in total. The Bertz CT molecular complexity index is 718. The van der Waals surface area contributed by atoms with Crippen LogP contribution in [-0.4, -0.2) is 29.2 Å². The first kappa shape index (κ1) is 20.6. The van der Waals surface area contributed by atoms with E-state index in [0.29, 0.717) is 31.7 Å². The molecule has 0 radical (unpaired) electrons. The fourth-order valence-electron chi connectivity index (χ4n) is 2.87. The number of anilines is 1. The van der Waals surface area contributed by atoms with Crippen molar-refractivity contribution in [3.8, 4) is 0 Å². The third-order valence-corrected chi connectivity index (χ3v) is 4.51. The number of aryl methyl sites for hydroxylation is 1. The molecular formula is C22H28N2O3. The van der Waals surface area contributed by atoms with Crippen LogP contribution in [0.25, 0.3) is 0 Å². The molecule has 0 heterocycles. The molecule has 5 heteroatoms. The SMILES string of the molecule is CC1CCC=C/C=C\C1=NCCCC(=O)Nc1ccc(CCC(=O)O)cc1. The number of allylic oxidation sites excluding steroid dienone is 4. The second kappa shape index (κ2) is 11.1. The number of carboxylic acids is 1. The van der Waals surface area contributed by atoms with E-state index in [9.17, 15) is 9.59 Å². The van der Waals surface area contributed by atoms with Gasteiger partial charge in [0, 0.05) is 30.8 Å². The molecule has 0 saturated heterocycles. The Labute approximate surface area is 160 Å². The van der Waals surface area contributed by atoms with Crippen LogP contribution >= 0.6 is 0 Å². The molecule has 1 aromatic rings. The standard InChI is InChI=1S/C22H28N2O3/c1-17-7-4-2-3-5-8-20(17)23-16-6-9-21(25)24-19-13-10-18(11-14-19)12-15-22(26)27/h2-3,5,8,10-11,13-14,17H,4,6-7,9,12,15-16H2,1H3,(H,24,25)(H,26,27)/b3-2?,8-5-,23-20?. The minimum Gasteiger partial charge on any atom is -0.481 e. The van der Waals surface area contributed by atoms with Gasteiger partial charge in [0.05, 0.1) is 0 Å². The maximum atomic E-state index is 12.1. The van der Waals surface area contributed by atoms with E-state index in [1.165, 1.54) is 0 Å². The number of hydrogen-bond acceptors (Lipinski definition) is 3. The van der Waals surface area contributed by atoms with Gasteiger partial charge in [-0.2, -0.15) is 0 Å². The van der Waals surface area contributed by atoms with E-state index >= 15 is 0 Å². The predicted octanol–water partition coefficient (Wildman–Crippen LogP) is 4.41. The summed E-state index contributed by atoms with van der Waals surface area (Å²) in [6.07, 6.45) is 12.2. The first-order valence-electron chi connectivity index (χ1n) is 9.52. The third kappa shape index (κ3) is 8.03. The van der Waals surface area contributed by atoms with Crippen molar-refractivity contribution in [3.63, 3.8) is 0 Å². The van der Waals surface area contributed by atoms with E-state index in [1.807, 2.05) is 30.3 Å². The average Bonchev–Trinajstić information content (AvgIpc) is 2.63. The summed E-state index contributed by atoms with van der Waals surface area (Å²) in [5.41, 5.74) is 2.79. The highest BCUT2D eigenvalue weighted by molar-refractivity contribution is 5.97. The zero-order chi connectivity index (χ0) is 19.5. The maximum Gasteiger partial charge on any atom is 0.303 e. The number of carbonyl (C=O) groups is 2. The summed E-state index contributed by atoms with van der Waals surface area (Å²) in [5, 5.41) is 11.6. The second-order valence-corrected chi connectivity index (χ2v) is 6.81. The van der Waals surface area contributed by atoms with Crippen molar-refractivity contribution in [2.75, 3.05) is 11.9 Å². The molecule has 0 aromatic heterocycles. The maximum absolute atomic E-state index is 12.1. The smallest absolute Gasteiger partial charge is 0.303 e. The third-order valence-electron chi connectivity index (χ3n) is 4.51. The number of aliphatic carboxylic acids is 1. The molecule has 2 rings (SSSR count). The molecule has 2 N–H and O–H groups in total. The summed E-state index contributed by atoms with van der Waals surface area (Å²) in [4.78, 5) is 27.3. The lowest BCUT2D eigenvalue weighted by atomic mass is 9.97. The summed E-state index contributed by atoms with van der Waals surface area (Å²) in [5.74, 6) is -0.394. The van der Waals surface area contributed by atoms with Crippen molar-refractivity contribution in [3.05, 3.63) is 54.1 Å². The molecule has 1 atom stereocenters. The van der Waals surface area contributed by atoms with Crippen LogP contribution in [0, 0.1) is 5.92 Å². The molecular weight excluding hydrogens is 340 g/mol. The monoisotopic (exact) mass is 368 g/mol. The van der Waals surface area contributed by atoms with Crippen molar-refractivity contribution >= 4 is 23.3 Å². The Hall–Kier alpha value is -2.69. The van der Waals surface area contributed by atoms with Crippen molar-refractivity contribution in [1.82, 2.24) is 0 Å². The zero-order valence-electron chi connectivity index (χ0n) is 15.9. The van der Waals surface area contributed by atoms with Crippen LogP contribution in [0.5, 0.6) is 0 Å². The molecule has 1 aliphatic carbocycles. The van der Waals surface area contributed by atoms with E-state index in [4.69, 9.17) is 5.11 Å². The minimum atomic E-state index is -0.809. The van der Waals surface area contributed by atoms with E-state index in [0.717, 1.165) is 29.8 Å². The Balaban J connectivity index is 1.74. The van der Waals surface area contributed by atoms with Crippen LogP contribution in [0.1, 0.15) is 44.6 Å². The molecule has 0 fully saturated rings. The fourth-order valence-corrected chi connectivity index (χ4v) is 2.87. The van der Waals surface area contributed by atoms with Crippen LogP contribution < -0.4 is 5.32 Å². The van der Waals surface area contributed by atoms with Gasteiger partial charge in [-0.05, 0) is 55.4 Å². The summed E-state index contributed by atoms with van der Waals surface area (Å²) in [7, 11) is 0. The van der Waals surface area contributed by atoms with Gasteiger partial charge >= 0.3 is 5.97 Å². The van der Waals surface area contributed by atoms with E-state index in [2.05, 4.69) is 35.5 Å². The zero-order valence-corrected chi connectivity index (χ0v) is 15.9. The molecule has 1 aliphatic rings. The number of nitrogens with zero attached hydrogens (tertiary/aromatic N) is 1. The Morgan fingerprint density at radius 1 is 1.19 bits per heavy atom. The summed E-state index contributed by atoms with van der Waals surface area (Å²) >= 11 is 0. The highest BCUT2D eigenvalue weighted by Crippen LogP contribution is 2.14. The topological polar surface area (TPSA) is 78.8 Å². The second-order valence-electron chi connectivity index (χ2n) is 6.81. The van der Waals surface area contributed by atoms with Crippen LogP contribution in [0.3, 0.4) is 0 Å². The lowest BCUT2D eigenvalue weighted by Crippen LogP contribution is -2.13. The van der Waals surface area contributed by atoms with Gasteiger partial charge in [-0.25, -0.2) is 0 Å². The van der Waals surface area contributed by atoms with Crippen LogP contribution in [0.4, 0.5) is 5.69 Å². The molecule has 0 saturated carbocycles. The van der Waals surface area contributed by atoms with Gasteiger partial charge < -0.3 is 10.4 Å². The number of carbonyl (C=O) groups excluding carboxylic acids is 1. The van der Waals surface area contributed by atoms with Gasteiger partial charge in [0.1, 0.15) is 0 Å². The van der Waals surface area contributed by atoms with Crippen molar-refractivity contribution in [2.24, 2.45) is 10.9 Å². The number of nitrogens with one attached hydrogen (secondary N) is 1. The van der Waals surface area contributed by atoms with Crippen LogP contribution in [0.15, 0.2) is 53.6 Å². The highest BCUT2D eigenvalue weighted by Gasteiger charge is 2.08. The first-order valence-corrected chi connectivity index (χ1v) is 9.52. The minimum absolute atomic E-state index is 0.0299. The molecule has 27 heavy (non-hydrogen) atoms. The van der Waals surface area contributed by atoms with Crippen LogP contribution in [0.2, 0.25) is 0 Å². The molecule has 0 spiro atoms. The summed E-state index contributed by atoms with van der Waals surface area (Å²) in [6, 6.07) is 7.32. The van der Waals surface area contributed by atoms with Gasteiger partial charge in [-0.15, -0.1) is 0 Å². The summed E-state index contributed by atoms with van der Waals surface area (Å²) < 4.78 is 0. The van der Waals surface area contributed by atoms with E-state index in [-0.39, 0.29) is 12.3 Å². The number of benzene rings is 1. The Kier molecular flexibility index (Phi) is 8.49. The average molecular weight is 368 g/mol. The quantitative estimate of drug-likeness (QED) is 0.667. The molecule has 1 amide bonds. The van der Waals surface area contributed by atoms with Crippen LogP contribution in [-0.2, 0) is 16.0 Å². The Morgan fingerprint density at radius 2 is 1.96 bits per heavy atom. The highest BCUT2D eigenvalue weighted by atomic mass is 16.4. The van der Waals surface area contributed by atoms with Crippen molar-refractivity contribution in [2.45, 2.75) is 45.4 Å². The summed E-state index contributed by atoms with van der Waals surface area (Å²) in [6.45, 7) is 2.84. The number of hydrogen-bond donors (Lipinski definition) is 2. The number of rotatable bonds is 8. The molecule has 1 aromatic carbocycles. The van der Waals surface area contributed by atoms with Gasteiger partial charge in [-0.1, -0.05) is 37.3 Å². The predicted molar refractivity (Wildman–Crippen MR) is 109 cm³/mol. The van der Waals surface area contributed by atoms with Gasteiger partial charge in [0.25, 0.3) is 0 Å². The normalized spacial score (nSPS) is 19.3. The van der Waals surface area contributed by atoms with Crippen molar-refractivity contribution < 1.29 is 14.7 Å². The van der Waals surface area contributed by atoms with Crippen molar-refractivity contribution in [1.29, 1.82) is 0 Å². The first-order chi connectivity index (χ1) is 13.0. The van der Waals surface area contributed by atoms with E-state index < -0.39 is 5.97 Å². The van der Waals surface area contributed by atoms with Gasteiger partial charge in [0.2, 0.25) is 5.91 Å². The van der Waals surface area contributed by atoms with Gasteiger partial charge in [-0.3, -0.25) is 14.6 Å². The number of carboxylic acid groups (broad SMARTS) is 1. The number of aliphatic imine (C=N–C) groups is 1. The Morgan fingerprint density at radius 3 is 2.70 bits per heavy atom. The van der Waals surface area contributed by atoms with E-state index in [1.54, 1.807) is 0 Å². The molecule has 144 valence electrons. The molecule has 0 bridgehead atoms. The number of amides is 1.